The van der Waals surface area contributed by atoms with Crippen molar-refractivity contribution in [2.24, 2.45) is 0 Å². The van der Waals surface area contributed by atoms with Gasteiger partial charge in [0.05, 0.1) is 18.5 Å². The molecule has 32 heavy (non-hydrogen) atoms. The summed E-state index contributed by atoms with van der Waals surface area (Å²) in [7, 11) is 1.40. The van der Waals surface area contributed by atoms with Gasteiger partial charge >= 0.3 is 0 Å². The van der Waals surface area contributed by atoms with Crippen molar-refractivity contribution in [1.29, 1.82) is 0 Å². The summed E-state index contributed by atoms with van der Waals surface area (Å²) in [5.74, 6) is 0.237. The van der Waals surface area contributed by atoms with Gasteiger partial charge in [-0.05, 0) is 55.7 Å². The highest BCUT2D eigenvalue weighted by molar-refractivity contribution is 7.98. The van der Waals surface area contributed by atoms with Gasteiger partial charge in [0.25, 0.3) is 5.91 Å². The molecule has 0 radical (unpaired) electrons. The van der Waals surface area contributed by atoms with Crippen molar-refractivity contribution in [2.75, 3.05) is 20.2 Å². The van der Waals surface area contributed by atoms with E-state index >= 15 is 0 Å². The van der Waals surface area contributed by atoms with Crippen molar-refractivity contribution in [1.82, 2.24) is 19.9 Å². The number of rotatable bonds is 6. The molecule has 1 aliphatic rings. The van der Waals surface area contributed by atoms with E-state index in [-0.39, 0.29) is 17.6 Å². The Labute approximate surface area is 191 Å². The zero-order valence-electron chi connectivity index (χ0n) is 18.1. The minimum atomic E-state index is -0.534. The first kappa shape index (κ1) is 22.2. The maximum Gasteiger partial charge on any atom is 0.253 e. The van der Waals surface area contributed by atoms with Crippen LogP contribution < -0.4 is 4.74 Å². The normalized spacial score (nSPS) is 16.1. The number of benzene rings is 1. The van der Waals surface area contributed by atoms with Gasteiger partial charge in [0.1, 0.15) is 0 Å². The van der Waals surface area contributed by atoms with Gasteiger partial charge in [-0.25, -0.2) is 14.4 Å². The van der Waals surface area contributed by atoms with Crippen LogP contribution in [0, 0.1) is 12.7 Å². The smallest absolute Gasteiger partial charge is 0.253 e. The van der Waals surface area contributed by atoms with E-state index in [0.717, 1.165) is 29.8 Å². The summed E-state index contributed by atoms with van der Waals surface area (Å²) < 4.78 is 19.0. The number of halogens is 1. The lowest BCUT2D eigenvalue weighted by molar-refractivity contribution is 0.0705. The number of pyridine rings is 1. The van der Waals surface area contributed by atoms with E-state index in [0.29, 0.717) is 29.6 Å². The fourth-order valence-electron chi connectivity index (χ4n) is 3.91. The van der Waals surface area contributed by atoms with E-state index in [9.17, 15) is 9.18 Å². The molecule has 1 atom stereocenters. The second-order valence-electron chi connectivity index (χ2n) is 7.77. The third-order valence-corrected chi connectivity index (χ3v) is 6.45. The van der Waals surface area contributed by atoms with E-state index in [4.69, 9.17) is 9.72 Å². The predicted octanol–water partition coefficient (Wildman–Crippen LogP) is 4.64. The van der Waals surface area contributed by atoms with Crippen molar-refractivity contribution >= 4 is 17.7 Å². The van der Waals surface area contributed by atoms with Gasteiger partial charge in [-0.15, -0.1) is 0 Å². The Hall–Kier alpha value is -3.00. The molecule has 166 valence electrons. The molecule has 1 saturated heterocycles. The average Bonchev–Trinajstić information content (AvgIpc) is 2.83. The number of ether oxygens (including phenoxy) is 1. The lowest BCUT2D eigenvalue weighted by atomic mass is 9.92. The molecular formula is C24H25FN4O2S. The Morgan fingerprint density at radius 1 is 1.28 bits per heavy atom. The lowest BCUT2D eigenvalue weighted by Crippen LogP contribution is -2.39. The van der Waals surface area contributed by atoms with Crippen LogP contribution in [0.25, 0.3) is 0 Å². The molecule has 1 unspecified atom stereocenters. The number of piperidine rings is 1. The van der Waals surface area contributed by atoms with Crippen molar-refractivity contribution in [3.05, 3.63) is 77.1 Å². The number of nitrogens with zero attached hydrogens (tertiary/aromatic N) is 4. The number of carbonyl (C=O) groups excluding carboxylic acids is 1. The highest BCUT2D eigenvalue weighted by atomic mass is 32.2. The van der Waals surface area contributed by atoms with Crippen LogP contribution in [0.15, 0.2) is 53.9 Å². The number of aromatic nitrogens is 3. The number of hydrogen-bond donors (Lipinski definition) is 0. The van der Waals surface area contributed by atoms with Gasteiger partial charge in [0.2, 0.25) is 0 Å². The first-order chi connectivity index (χ1) is 15.5. The summed E-state index contributed by atoms with van der Waals surface area (Å²) >= 11 is 1.55. The Bertz CT molecular complexity index is 1100. The number of amides is 1. The van der Waals surface area contributed by atoms with Gasteiger partial charge in [-0.1, -0.05) is 17.8 Å². The summed E-state index contributed by atoms with van der Waals surface area (Å²) in [6.45, 7) is 3.20. The van der Waals surface area contributed by atoms with Crippen LogP contribution in [-0.2, 0) is 5.75 Å². The van der Waals surface area contributed by atoms with Crippen LogP contribution in [0.3, 0.4) is 0 Å². The average molecular weight is 453 g/mol. The zero-order chi connectivity index (χ0) is 22.5. The van der Waals surface area contributed by atoms with Gasteiger partial charge in [0.15, 0.2) is 16.7 Å². The summed E-state index contributed by atoms with van der Waals surface area (Å²) in [5, 5.41) is 0.705. The van der Waals surface area contributed by atoms with E-state index in [1.807, 2.05) is 31.3 Å². The fourth-order valence-corrected chi connectivity index (χ4v) is 4.65. The highest BCUT2D eigenvalue weighted by Gasteiger charge is 2.28. The monoisotopic (exact) mass is 452 g/mol. The number of methoxy groups -OCH3 is 1. The predicted molar refractivity (Wildman–Crippen MR) is 121 cm³/mol. The Balaban J connectivity index is 1.47. The van der Waals surface area contributed by atoms with E-state index in [1.165, 1.54) is 19.2 Å². The Morgan fingerprint density at radius 2 is 2.16 bits per heavy atom. The van der Waals surface area contributed by atoms with Crippen LogP contribution >= 0.6 is 11.8 Å². The molecule has 0 spiro atoms. The van der Waals surface area contributed by atoms with Crippen LogP contribution in [0.5, 0.6) is 5.75 Å². The molecule has 1 amide bonds. The second kappa shape index (κ2) is 10.1. The molecule has 0 bridgehead atoms. The summed E-state index contributed by atoms with van der Waals surface area (Å²) in [6, 6.07) is 10.2. The van der Waals surface area contributed by atoms with Crippen molar-refractivity contribution < 1.29 is 13.9 Å². The van der Waals surface area contributed by atoms with E-state index < -0.39 is 5.82 Å². The molecule has 3 aromatic rings. The lowest BCUT2D eigenvalue weighted by Gasteiger charge is -2.33. The SMILES string of the molecule is COc1ccc(C(=O)N2CCCC(c3nc(SCc4ccccn4)ncc3C)C2)cc1F. The summed E-state index contributed by atoms with van der Waals surface area (Å²) in [5.41, 5.74) is 3.29. The maximum atomic E-state index is 14.1. The molecule has 1 aliphatic heterocycles. The van der Waals surface area contributed by atoms with Gasteiger partial charge in [-0.2, -0.15) is 0 Å². The minimum absolute atomic E-state index is 0.119. The van der Waals surface area contributed by atoms with Crippen LogP contribution in [0.2, 0.25) is 0 Å². The Kier molecular flexibility index (Phi) is 6.99. The van der Waals surface area contributed by atoms with Crippen LogP contribution in [0.1, 0.15) is 46.1 Å². The van der Waals surface area contributed by atoms with Crippen molar-refractivity contribution in [3.8, 4) is 5.75 Å². The summed E-state index contributed by atoms with van der Waals surface area (Å²) in [4.78, 5) is 28.4. The third kappa shape index (κ3) is 5.07. The number of thioether (sulfide) groups is 1. The third-order valence-electron chi connectivity index (χ3n) is 5.56. The van der Waals surface area contributed by atoms with Crippen molar-refractivity contribution in [2.45, 2.75) is 36.6 Å². The quantitative estimate of drug-likeness (QED) is 0.401. The minimum Gasteiger partial charge on any atom is -0.494 e. The first-order valence-electron chi connectivity index (χ1n) is 10.5. The van der Waals surface area contributed by atoms with Crippen LogP contribution in [-0.4, -0.2) is 46.0 Å². The molecule has 2 aromatic heterocycles. The number of carbonyl (C=O) groups is 1. The molecule has 3 heterocycles. The first-order valence-corrected chi connectivity index (χ1v) is 11.5. The topological polar surface area (TPSA) is 68.2 Å². The van der Waals surface area contributed by atoms with Gasteiger partial charge < -0.3 is 9.64 Å². The summed E-state index contributed by atoms with van der Waals surface area (Å²) in [6.07, 6.45) is 5.44. The maximum absolute atomic E-state index is 14.1. The molecule has 1 fully saturated rings. The number of hydrogen-bond acceptors (Lipinski definition) is 6. The number of likely N-dealkylation sites (tertiary alicyclic amines) is 1. The standard InChI is InChI=1S/C24H25FN4O2S/c1-16-13-27-24(32-15-19-7-3-4-10-26-19)28-22(16)18-6-5-11-29(14-18)23(30)17-8-9-21(31-2)20(25)12-17/h3-4,7-10,12-13,18H,5-6,11,14-15H2,1-2H3. The van der Waals surface area contributed by atoms with E-state index in [2.05, 4.69) is 9.97 Å². The molecule has 6 nitrogen and oxygen atoms in total. The largest absolute Gasteiger partial charge is 0.494 e. The highest BCUT2D eigenvalue weighted by Crippen LogP contribution is 2.30. The van der Waals surface area contributed by atoms with Crippen LogP contribution in [0.4, 0.5) is 4.39 Å². The fraction of sp³-hybridized carbons (Fsp3) is 0.333. The molecule has 0 aliphatic carbocycles. The van der Waals surface area contributed by atoms with E-state index in [1.54, 1.807) is 28.9 Å². The molecular weight excluding hydrogens is 427 g/mol. The molecule has 0 N–H and O–H groups in total. The van der Waals surface area contributed by atoms with Gasteiger partial charge in [-0.3, -0.25) is 9.78 Å². The zero-order valence-corrected chi connectivity index (χ0v) is 18.9. The van der Waals surface area contributed by atoms with Crippen molar-refractivity contribution in [3.63, 3.8) is 0 Å². The number of aryl methyl sites for hydroxylation is 1. The Morgan fingerprint density at radius 3 is 2.91 bits per heavy atom. The second-order valence-corrected chi connectivity index (χ2v) is 8.71. The molecule has 1 aromatic carbocycles. The van der Waals surface area contributed by atoms with Gasteiger partial charge in [0, 0.05) is 42.7 Å². The molecule has 4 rings (SSSR count). The molecule has 0 saturated carbocycles. The molecule has 8 heteroatoms.